The van der Waals surface area contributed by atoms with E-state index in [1.807, 2.05) is 0 Å². The summed E-state index contributed by atoms with van der Waals surface area (Å²) in [5, 5.41) is 0. The molecule has 0 fully saturated rings. The van der Waals surface area contributed by atoms with Crippen LogP contribution in [-0.2, 0) is 14.3 Å². The van der Waals surface area contributed by atoms with E-state index >= 15 is 0 Å². The number of carbonyl (C=O) groups excluding carboxylic acids is 1. The molecule has 0 aliphatic heterocycles. The summed E-state index contributed by atoms with van der Waals surface area (Å²) in [5.74, 6) is 0.547. The quantitative estimate of drug-likeness (QED) is 0.201. The van der Waals surface area contributed by atoms with Crippen molar-refractivity contribution in [1.82, 2.24) is 0 Å². The van der Waals surface area contributed by atoms with Crippen molar-refractivity contribution < 1.29 is 14.3 Å². The molecular formula is C25H50O3. The third-order valence-corrected chi connectivity index (χ3v) is 5.67. The van der Waals surface area contributed by atoms with Crippen LogP contribution < -0.4 is 0 Å². The maximum Gasteiger partial charge on any atom is 0.136 e. The van der Waals surface area contributed by atoms with Crippen LogP contribution in [0.5, 0.6) is 0 Å². The van der Waals surface area contributed by atoms with Crippen molar-refractivity contribution in [3.63, 3.8) is 0 Å². The molecule has 0 aliphatic carbocycles. The van der Waals surface area contributed by atoms with Crippen molar-refractivity contribution in [1.29, 1.82) is 0 Å². The first-order valence-corrected chi connectivity index (χ1v) is 12.1. The van der Waals surface area contributed by atoms with Gasteiger partial charge in [-0.3, -0.25) is 4.79 Å². The molecule has 0 spiro atoms. The number of rotatable bonds is 20. The van der Waals surface area contributed by atoms with Crippen LogP contribution in [0.1, 0.15) is 118 Å². The molecule has 0 saturated heterocycles. The minimum atomic E-state index is 0.0801. The number of carbonyl (C=O) groups is 1. The van der Waals surface area contributed by atoms with E-state index in [4.69, 9.17) is 9.47 Å². The van der Waals surface area contributed by atoms with Gasteiger partial charge in [0.05, 0.1) is 0 Å². The van der Waals surface area contributed by atoms with Crippen LogP contribution in [0, 0.1) is 11.3 Å². The molecular weight excluding hydrogens is 348 g/mol. The Kier molecular flexibility index (Phi) is 18.3. The SMILES string of the molecule is CCCOCCCCCCCCCCCOCCCCC(=O)C(C)C(C)(C)C. The van der Waals surface area contributed by atoms with Crippen molar-refractivity contribution >= 4 is 5.78 Å². The fourth-order valence-electron chi connectivity index (χ4n) is 3.20. The Balaban J connectivity index is 3.21. The molecule has 0 bridgehead atoms. The van der Waals surface area contributed by atoms with Crippen molar-refractivity contribution in [2.45, 2.75) is 118 Å². The zero-order valence-electron chi connectivity index (χ0n) is 19.8. The smallest absolute Gasteiger partial charge is 0.136 e. The van der Waals surface area contributed by atoms with Gasteiger partial charge in [0.25, 0.3) is 0 Å². The Hall–Kier alpha value is -0.410. The fourth-order valence-corrected chi connectivity index (χ4v) is 3.20. The average molecular weight is 399 g/mol. The topological polar surface area (TPSA) is 35.5 Å². The summed E-state index contributed by atoms with van der Waals surface area (Å²) in [5.41, 5.74) is 0.0801. The predicted molar refractivity (Wildman–Crippen MR) is 121 cm³/mol. The molecule has 3 heteroatoms. The first-order chi connectivity index (χ1) is 13.4. The van der Waals surface area contributed by atoms with E-state index in [0.717, 1.165) is 45.7 Å². The number of hydrogen-bond acceptors (Lipinski definition) is 3. The summed E-state index contributed by atoms with van der Waals surface area (Å²) >= 11 is 0. The van der Waals surface area contributed by atoms with Crippen LogP contribution in [0.2, 0.25) is 0 Å². The van der Waals surface area contributed by atoms with Crippen molar-refractivity contribution in [2.24, 2.45) is 11.3 Å². The lowest BCUT2D eigenvalue weighted by molar-refractivity contribution is -0.125. The highest BCUT2D eigenvalue weighted by Gasteiger charge is 2.25. The average Bonchev–Trinajstić information content (AvgIpc) is 2.65. The van der Waals surface area contributed by atoms with E-state index in [1.165, 1.54) is 57.8 Å². The van der Waals surface area contributed by atoms with E-state index in [2.05, 4.69) is 34.6 Å². The molecule has 28 heavy (non-hydrogen) atoms. The van der Waals surface area contributed by atoms with Crippen LogP contribution in [0.25, 0.3) is 0 Å². The van der Waals surface area contributed by atoms with E-state index < -0.39 is 0 Å². The van der Waals surface area contributed by atoms with Crippen molar-refractivity contribution in [3.05, 3.63) is 0 Å². The first kappa shape index (κ1) is 27.6. The van der Waals surface area contributed by atoms with Gasteiger partial charge in [-0.15, -0.1) is 0 Å². The molecule has 0 N–H and O–H groups in total. The predicted octanol–water partition coefficient (Wildman–Crippen LogP) is 7.36. The van der Waals surface area contributed by atoms with Gasteiger partial charge in [0.2, 0.25) is 0 Å². The number of ether oxygens (including phenoxy) is 2. The zero-order chi connectivity index (χ0) is 21.1. The number of unbranched alkanes of at least 4 members (excludes halogenated alkanes) is 9. The lowest BCUT2D eigenvalue weighted by atomic mass is 9.78. The first-order valence-electron chi connectivity index (χ1n) is 12.1. The number of hydrogen-bond donors (Lipinski definition) is 0. The third kappa shape index (κ3) is 17.7. The summed E-state index contributed by atoms with van der Waals surface area (Å²) in [4.78, 5) is 12.1. The molecule has 0 heterocycles. The summed E-state index contributed by atoms with van der Waals surface area (Å²) in [6.07, 6.45) is 15.6. The van der Waals surface area contributed by atoms with Gasteiger partial charge < -0.3 is 9.47 Å². The van der Waals surface area contributed by atoms with Crippen molar-refractivity contribution in [2.75, 3.05) is 26.4 Å². The van der Waals surface area contributed by atoms with E-state index in [1.54, 1.807) is 0 Å². The highest BCUT2D eigenvalue weighted by molar-refractivity contribution is 5.81. The Bertz CT molecular complexity index is 346. The van der Waals surface area contributed by atoms with Crippen LogP contribution >= 0.6 is 0 Å². The standard InChI is InChI=1S/C25H50O3/c1-6-19-27-20-15-12-10-8-7-9-11-13-16-21-28-22-17-14-18-24(26)23(2)25(3,4)5/h23H,6-22H2,1-5H3. The molecule has 0 aliphatic rings. The van der Waals surface area contributed by atoms with E-state index in [-0.39, 0.29) is 11.3 Å². The minimum absolute atomic E-state index is 0.0801. The van der Waals surface area contributed by atoms with Gasteiger partial charge in [0.15, 0.2) is 0 Å². The van der Waals surface area contributed by atoms with E-state index in [0.29, 0.717) is 12.2 Å². The largest absolute Gasteiger partial charge is 0.381 e. The Morgan fingerprint density at radius 3 is 1.50 bits per heavy atom. The summed E-state index contributed by atoms with van der Waals surface area (Å²) < 4.78 is 11.2. The molecule has 1 unspecified atom stereocenters. The van der Waals surface area contributed by atoms with Crippen molar-refractivity contribution in [3.8, 4) is 0 Å². The Labute approximate surface area is 176 Å². The molecule has 0 aromatic heterocycles. The van der Waals surface area contributed by atoms with Gasteiger partial charge in [-0.1, -0.05) is 79.6 Å². The molecule has 0 rings (SSSR count). The van der Waals surface area contributed by atoms with Gasteiger partial charge in [-0.25, -0.2) is 0 Å². The molecule has 1 atom stereocenters. The van der Waals surface area contributed by atoms with Crippen LogP contribution in [0.15, 0.2) is 0 Å². The van der Waals surface area contributed by atoms with Crippen LogP contribution in [0.4, 0.5) is 0 Å². The van der Waals surface area contributed by atoms with Gasteiger partial charge in [-0.05, 0) is 37.5 Å². The molecule has 0 aromatic carbocycles. The molecule has 0 amide bonds. The van der Waals surface area contributed by atoms with Gasteiger partial charge >= 0.3 is 0 Å². The van der Waals surface area contributed by atoms with E-state index in [9.17, 15) is 4.79 Å². The highest BCUT2D eigenvalue weighted by atomic mass is 16.5. The third-order valence-electron chi connectivity index (χ3n) is 5.67. The lowest BCUT2D eigenvalue weighted by Gasteiger charge is -2.25. The Morgan fingerprint density at radius 1 is 0.679 bits per heavy atom. The number of ketones is 1. The second-order valence-corrected chi connectivity index (χ2v) is 9.42. The fraction of sp³-hybridized carbons (Fsp3) is 0.960. The zero-order valence-corrected chi connectivity index (χ0v) is 19.8. The number of Topliss-reactive ketones (excluding diaryl/α,β-unsaturated/α-hetero) is 1. The van der Waals surface area contributed by atoms with Crippen LogP contribution in [-0.4, -0.2) is 32.2 Å². The molecule has 0 saturated carbocycles. The van der Waals surface area contributed by atoms with Gasteiger partial charge in [0, 0.05) is 38.8 Å². The second-order valence-electron chi connectivity index (χ2n) is 9.42. The molecule has 168 valence electrons. The maximum absolute atomic E-state index is 12.1. The normalized spacial score (nSPS) is 13.0. The highest BCUT2D eigenvalue weighted by Crippen LogP contribution is 2.27. The van der Waals surface area contributed by atoms with Gasteiger partial charge in [-0.2, -0.15) is 0 Å². The molecule has 0 aromatic rings. The summed E-state index contributed by atoms with van der Waals surface area (Å²) in [6, 6.07) is 0. The maximum atomic E-state index is 12.1. The Morgan fingerprint density at radius 2 is 1.07 bits per heavy atom. The second kappa shape index (κ2) is 18.6. The summed E-state index contributed by atoms with van der Waals surface area (Å²) in [6.45, 7) is 14.2. The minimum Gasteiger partial charge on any atom is -0.381 e. The lowest BCUT2D eigenvalue weighted by Crippen LogP contribution is -2.25. The molecule has 0 radical (unpaired) electrons. The molecule has 3 nitrogen and oxygen atoms in total. The van der Waals surface area contributed by atoms with Crippen LogP contribution in [0.3, 0.4) is 0 Å². The monoisotopic (exact) mass is 398 g/mol. The summed E-state index contributed by atoms with van der Waals surface area (Å²) in [7, 11) is 0. The van der Waals surface area contributed by atoms with Gasteiger partial charge in [0.1, 0.15) is 5.78 Å².